The molecule has 108 valence electrons. The molecule has 2 aromatic rings. The van der Waals surface area contributed by atoms with E-state index in [1.54, 1.807) is 12.1 Å². The quantitative estimate of drug-likeness (QED) is 0.857. The highest BCUT2D eigenvalue weighted by atomic mass is 35.5. The van der Waals surface area contributed by atoms with Gasteiger partial charge in [-0.1, -0.05) is 12.1 Å². The van der Waals surface area contributed by atoms with Crippen molar-refractivity contribution in [3.8, 4) is 5.75 Å². The zero-order chi connectivity index (χ0) is 15.0. The van der Waals surface area contributed by atoms with Crippen LogP contribution in [-0.2, 0) is 4.79 Å². The van der Waals surface area contributed by atoms with Crippen molar-refractivity contribution in [1.82, 2.24) is 0 Å². The molecule has 1 heterocycles. The van der Waals surface area contributed by atoms with Crippen LogP contribution in [0.2, 0.25) is 0 Å². The van der Waals surface area contributed by atoms with Crippen LogP contribution >= 0.6 is 11.6 Å². The summed E-state index contributed by atoms with van der Waals surface area (Å²) in [6, 6.07) is 10.0. The number of carbonyl (C=O) groups is 1. The third-order valence-corrected chi connectivity index (χ3v) is 3.79. The number of rotatable bonds is 2. The Balaban J connectivity index is 1.96. The third kappa shape index (κ3) is 2.85. The Morgan fingerprint density at radius 1 is 1.24 bits per heavy atom. The first-order valence-corrected chi connectivity index (χ1v) is 6.94. The summed E-state index contributed by atoms with van der Waals surface area (Å²) in [5.74, 6) is 0.0928. The first-order valence-electron chi connectivity index (χ1n) is 6.51. The number of amides is 1. The molecule has 0 saturated heterocycles. The number of ether oxygens (including phenoxy) is 1. The second kappa shape index (κ2) is 5.37. The second-order valence-corrected chi connectivity index (χ2v) is 5.45. The Kier molecular flexibility index (Phi) is 3.55. The maximum Gasteiger partial charge on any atom is 0.262 e. The predicted octanol–water partition coefficient (Wildman–Crippen LogP) is 3.79. The van der Waals surface area contributed by atoms with E-state index in [2.05, 4.69) is 5.32 Å². The molecular formula is C16H13ClFNO2. The van der Waals surface area contributed by atoms with Gasteiger partial charge in [0.05, 0.1) is 11.1 Å². The summed E-state index contributed by atoms with van der Waals surface area (Å²) < 4.78 is 18.8. The highest BCUT2D eigenvalue weighted by Gasteiger charge is 2.19. The van der Waals surface area contributed by atoms with E-state index in [4.69, 9.17) is 16.3 Å². The van der Waals surface area contributed by atoms with Crippen LogP contribution < -0.4 is 10.1 Å². The van der Waals surface area contributed by atoms with Crippen LogP contribution in [-0.4, -0.2) is 12.5 Å². The highest BCUT2D eigenvalue weighted by Crippen LogP contribution is 2.35. The molecule has 0 aliphatic carbocycles. The topological polar surface area (TPSA) is 38.3 Å². The van der Waals surface area contributed by atoms with Crippen LogP contribution in [0.25, 0.3) is 0 Å². The number of benzene rings is 2. The van der Waals surface area contributed by atoms with Gasteiger partial charge < -0.3 is 10.1 Å². The standard InChI is InChI=1S/C16H13ClFNO2/c1-9-4-11(6-12(18)5-9)16(17)10-2-3-14-13(7-10)19-15(20)8-21-14/h2-7,16H,8H2,1H3,(H,19,20). The number of alkyl halides is 1. The fourth-order valence-corrected chi connectivity index (χ4v) is 2.62. The summed E-state index contributed by atoms with van der Waals surface area (Å²) in [6.45, 7) is 1.83. The molecular weight excluding hydrogens is 293 g/mol. The molecule has 2 aromatic carbocycles. The molecule has 1 aliphatic heterocycles. The Morgan fingerprint density at radius 2 is 2.05 bits per heavy atom. The summed E-state index contributed by atoms with van der Waals surface area (Å²) in [5, 5.41) is 2.24. The normalized spacial score (nSPS) is 14.9. The third-order valence-electron chi connectivity index (χ3n) is 3.29. The second-order valence-electron chi connectivity index (χ2n) is 5.02. The fraction of sp³-hybridized carbons (Fsp3) is 0.188. The molecule has 1 amide bonds. The summed E-state index contributed by atoms with van der Waals surface area (Å²) in [5.41, 5.74) is 2.84. The Hall–Kier alpha value is -2.07. The zero-order valence-corrected chi connectivity index (χ0v) is 12.1. The van der Waals surface area contributed by atoms with Crippen molar-refractivity contribution in [1.29, 1.82) is 0 Å². The average molecular weight is 306 g/mol. The fourth-order valence-electron chi connectivity index (χ4n) is 2.36. The SMILES string of the molecule is Cc1cc(F)cc(C(Cl)c2ccc3c(c2)NC(=O)CO3)c1. The molecule has 21 heavy (non-hydrogen) atoms. The van der Waals surface area contributed by atoms with Gasteiger partial charge in [-0.15, -0.1) is 11.6 Å². The molecule has 0 aromatic heterocycles. The van der Waals surface area contributed by atoms with Gasteiger partial charge in [-0.2, -0.15) is 0 Å². The van der Waals surface area contributed by atoms with E-state index in [1.165, 1.54) is 12.1 Å². The first kappa shape index (κ1) is 13.9. The predicted molar refractivity (Wildman–Crippen MR) is 79.4 cm³/mol. The molecule has 1 aliphatic rings. The number of halogens is 2. The van der Waals surface area contributed by atoms with Crippen LogP contribution in [0.15, 0.2) is 36.4 Å². The van der Waals surface area contributed by atoms with Crippen molar-refractivity contribution in [2.45, 2.75) is 12.3 Å². The van der Waals surface area contributed by atoms with Crippen molar-refractivity contribution in [3.63, 3.8) is 0 Å². The molecule has 1 atom stereocenters. The number of nitrogens with one attached hydrogen (secondary N) is 1. The minimum Gasteiger partial charge on any atom is -0.482 e. The van der Waals surface area contributed by atoms with E-state index in [9.17, 15) is 9.18 Å². The number of hydrogen-bond donors (Lipinski definition) is 1. The summed E-state index contributed by atoms with van der Waals surface area (Å²) in [6.07, 6.45) is 0. The minimum atomic E-state index is -0.497. The van der Waals surface area contributed by atoms with Crippen LogP contribution in [0, 0.1) is 12.7 Å². The van der Waals surface area contributed by atoms with E-state index in [0.717, 1.165) is 11.1 Å². The molecule has 1 N–H and O–H groups in total. The number of anilines is 1. The average Bonchev–Trinajstić information content (AvgIpc) is 2.44. The van der Waals surface area contributed by atoms with Crippen molar-refractivity contribution in [2.75, 3.05) is 11.9 Å². The lowest BCUT2D eigenvalue weighted by molar-refractivity contribution is -0.118. The molecule has 1 unspecified atom stereocenters. The van der Waals surface area contributed by atoms with E-state index in [-0.39, 0.29) is 18.3 Å². The van der Waals surface area contributed by atoms with Gasteiger partial charge in [0.1, 0.15) is 11.6 Å². The summed E-state index contributed by atoms with van der Waals surface area (Å²) in [7, 11) is 0. The van der Waals surface area contributed by atoms with Crippen molar-refractivity contribution in [3.05, 3.63) is 58.9 Å². The summed E-state index contributed by atoms with van der Waals surface area (Å²) in [4.78, 5) is 11.3. The van der Waals surface area contributed by atoms with E-state index >= 15 is 0 Å². The molecule has 0 saturated carbocycles. The van der Waals surface area contributed by atoms with Crippen molar-refractivity contribution >= 4 is 23.2 Å². The van der Waals surface area contributed by atoms with E-state index in [1.807, 2.05) is 19.1 Å². The van der Waals surface area contributed by atoms with Gasteiger partial charge in [0.25, 0.3) is 5.91 Å². The van der Waals surface area contributed by atoms with Gasteiger partial charge in [0.2, 0.25) is 0 Å². The van der Waals surface area contributed by atoms with Crippen LogP contribution in [0.3, 0.4) is 0 Å². The molecule has 3 rings (SSSR count). The van der Waals surface area contributed by atoms with Gasteiger partial charge in [0, 0.05) is 0 Å². The van der Waals surface area contributed by atoms with Gasteiger partial charge >= 0.3 is 0 Å². The van der Waals surface area contributed by atoms with Gasteiger partial charge in [0.15, 0.2) is 6.61 Å². The maximum absolute atomic E-state index is 13.5. The Labute approximate surface area is 126 Å². The van der Waals surface area contributed by atoms with Gasteiger partial charge in [-0.3, -0.25) is 4.79 Å². The van der Waals surface area contributed by atoms with Crippen LogP contribution in [0.1, 0.15) is 22.1 Å². The van der Waals surface area contributed by atoms with Crippen molar-refractivity contribution in [2.24, 2.45) is 0 Å². The monoisotopic (exact) mass is 305 g/mol. The van der Waals surface area contributed by atoms with E-state index < -0.39 is 5.38 Å². The number of carbonyl (C=O) groups excluding carboxylic acids is 1. The lowest BCUT2D eigenvalue weighted by Gasteiger charge is -2.20. The lowest BCUT2D eigenvalue weighted by atomic mass is 10.0. The van der Waals surface area contributed by atoms with Crippen LogP contribution in [0.4, 0.5) is 10.1 Å². The molecule has 0 spiro atoms. The molecule has 5 heteroatoms. The summed E-state index contributed by atoms with van der Waals surface area (Å²) >= 11 is 6.43. The lowest BCUT2D eigenvalue weighted by Crippen LogP contribution is -2.25. The van der Waals surface area contributed by atoms with Gasteiger partial charge in [-0.25, -0.2) is 4.39 Å². The van der Waals surface area contributed by atoms with E-state index in [0.29, 0.717) is 17.0 Å². The van der Waals surface area contributed by atoms with Crippen molar-refractivity contribution < 1.29 is 13.9 Å². The Bertz CT molecular complexity index is 697. The first-order chi connectivity index (χ1) is 10.0. The highest BCUT2D eigenvalue weighted by molar-refractivity contribution is 6.22. The number of fused-ring (bicyclic) bond motifs is 1. The zero-order valence-electron chi connectivity index (χ0n) is 11.3. The largest absolute Gasteiger partial charge is 0.482 e. The maximum atomic E-state index is 13.5. The molecule has 0 fully saturated rings. The van der Waals surface area contributed by atoms with Crippen LogP contribution in [0.5, 0.6) is 5.75 Å². The number of hydrogen-bond acceptors (Lipinski definition) is 2. The number of aryl methyl sites for hydroxylation is 1. The smallest absolute Gasteiger partial charge is 0.262 e. The molecule has 0 radical (unpaired) electrons. The molecule has 3 nitrogen and oxygen atoms in total. The Morgan fingerprint density at radius 3 is 2.81 bits per heavy atom. The minimum absolute atomic E-state index is 0.0136. The van der Waals surface area contributed by atoms with Gasteiger partial charge in [-0.05, 0) is 47.9 Å². The molecule has 0 bridgehead atoms.